The summed E-state index contributed by atoms with van der Waals surface area (Å²) in [5, 5.41) is 26.9. The van der Waals surface area contributed by atoms with Gasteiger partial charge in [0, 0.05) is 55.9 Å². The number of nitriles is 1. The number of hydrogen-bond acceptors (Lipinski definition) is 5. The molecule has 0 spiro atoms. The van der Waals surface area contributed by atoms with Crippen LogP contribution in [-0.4, -0.2) is 27.9 Å². The van der Waals surface area contributed by atoms with E-state index in [-0.39, 0.29) is 39.3 Å². The molecule has 1 heterocycles. The summed E-state index contributed by atoms with van der Waals surface area (Å²) in [7, 11) is 0. The first kappa shape index (κ1) is 24.2. The second-order valence-electron chi connectivity index (χ2n) is 6.08. The Morgan fingerprint density at radius 2 is 1.89 bits per heavy atom. The van der Waals surface area contributed by atoms with Crippen LogP contribution in [0.1, 0.15) is 24.6 Å². The number of benzene rings is 2. The van der Waals surface area contributed by atoms with E-state index in [1.807, 2.05) is 49.7 Å². The number of nitrogens with zero attached hydrogens (tertiary/aromatic N) is 2. The molecule has 3 aromatic rings. The van der Waals surface area contributed by atoms with Crippen molar-refractivity contribution >= 4 is 16.6 Å². The number of fused-ring (bicyclic) bond motifs is 1. The molecule has 7 heteroatoms. The molecule has 1 radical (unpaired) electrons. The van der Waals surface area contributed by atoms with Crippen molar-refractivity contribution in [1.29, 1.82) is 5.26 Å². The van der Waals surface area contributed by atoms with Crippen molar-refractivity contribution in [2.75, 3.05) is 6.54 Å². The Labute approximate surface area is 190 Å². The average molecular weight is 452 g/mol. The Kier molecular flexibility index (Phi) is 10.2. The van der Waals surface area contributed by atoms with E-state index in [4.69, 9.17) is 16.0 Å². The van der Waals surface area contributed by atoms with Crippen LogP contribution in [0.25, 0.3) is 27.8 Å². The van der Waals surface area contributed by atoms with Gasteiger partial charge in [0.05, 0.1) is 17.2 Å². The number of hydrogen-bond donors (Lipinski definition) is 3. The van der Waals surface area contributed by atoms with Gasteiger partial charge in [-0.2, -0.15) is 5.26 Å². The van der Waals surface area contributed by atoms with Crippen molar-refractivity contribution in [1.82, 2.24) is 10.5 Å². The quantitative estimate of drug-likeness (QED) is 0.505. The fourth-order valence-electron chi connectivity index (χ4n) is 2.71. The summed E-state index contributed by atoms with van der Waals surface area (Å²) in [6.07, 6.45) is 0.262. The average Bonchev–Trinajstić information content (AvgIpc) is 2.68. The molecule has 6 nitrogen and oxygen atoms in total. The van der Waals surface area contributed by atoms with Crippen molar-refractivity contribution in [3.8, 4) is 17.2 Å². The summed E-state index contributed by atoms with van der Waals surface area (Å²) in [6, 6.07) is 17.3. The molecule has 0 fully saturated rings. The van der Waals surface area contributed by atoms with Gasteiger partial charge in [0.1, 0.15) is 6.07 Å². The van der Waals surface area contributed by atoms with E-state index in [0.29, 0.717) is 17.7 Å². The molecule has 0 bridgehead atoms. The summed E-state index contributed by atoms with van der Waals surface area (Å²) < 4.78 is 0. The number of nitrogens with one attached hydrogen (secondary N) is 2. The molecule has 0 aliphatic heterocycles. The van der Waals surface area contributed by atoms with Crippen molar-refractivity contribution in [2.24, 2.45) is 0 Å². The van der Waals surface area contributed by atoms with Crippen LogP contribution >= 0.6 is 0 Å². The third-order valence-electron chi connectivity index (χ3n) is 4.14. The van der Waals surface area contributed by atoms with Gasteiger partial charge in [-0.3, -0.25) is 4.98 Å². The summed E-state index contributed by atoms with van der Waals surface area (Å²) >= 11 is 0. The second-order valence-corrected chi connectivity index (χ2v) is 6.08. The van der Waals surface area contributed by atoms with E-state index in [2.05, 4.69) is 11.1 Å². The Morgan fingerprint density at radius 1 is 1.21 bits per heavy atom. The van der Waals surface area contributed by atoms with Gasteiger partial charge in [0.15, 0.2) is 0 Å². The largest absolute Gasteiger partial charge is 0.699 e. The van der Waals surface area contributed by atoms with Gasteiger partial charge in [-0.15, -0.1) is 5.69 Å². The zero-order valence-electron chi connectivity index (χ0n) is 16.0. The first-order chi connectivity index (χ1) is 13.0. The minimum absolute atomic E-state index is 0. The maximum absolute atomic E-state index is 9.55. The van der Waals surface area contributed by atoms with Crippen molar-refractivity contribution < 1.29 is 43.0 Å². The molecule has 28 heavy (non-hydrogen) atoms. The van der Waals surface area contributed by atoms with Crippen LogP contribution in [0, 0.1) is 18.3 Å². The molecule has 4 N–H and O–H groups in total. The van der Waals surface area contributed by atoms with Gasteiger partial charge in [-0.05, 0) is 25.0 Å². The van der Waals surface area contributed by atoms with E-state index in [9.17, 15) is 5.26 Å². The van der Waals surface area contributed by atoms with Crippen molar-refractivity contribution in [2.45, 2.75) is 26.4 Å². The summed E-state index contributed by atoms with van der Waals surface area (Å²) in [4.78, 5) is 4.57. The van der Waals surface area contributed by atoms with Gasteiger partial charge in [0.2, 0.25) is 0 Å². The van der Waals surface area contributed by atoms with Crippen LogP contribution < -0.4 is 5.48 Å². The molecule has 1 unspecified atom stereocenters. The van der Waals surface area contributed by atoms with Gasteiger partial charge in [-0.25, -0.2) is 5.48 Å². The molecule has 0 saturated carbocycles. The van der Waals surface area contributed by atoms with Gasteiger partial charge >= 0.3 is 0 Å². The first-order valence-corrected chi connectivity index (χ1v) is 8.68. The zero-order valence-corrected chi connectivity index (χ0v) is 18.8. The molecule has 0 amide bonds. The summed E-state index contributed by atoms with van der Waals surface area (Å²) in [5.74, 6) is 0. The third kappa shape index (κ3) is 6.06. The normalized spacial score (nSPS) is 11.0. The van der Waals surface area contributed by atoms with Gasteiger partial charge in [0.25, 0.3) is 0 Å². The predicted octanol–water partition coefficient (Wildman–Crippen LogP) is 4.50. The Hall–Kier alpha value is -1.88. The molecule has 2 aromatic carbocycles. The van der Waals surface area contributed by atoms with Crippen LogP contribution in [0.4, 0.5) is 5.69 Å². The maximum atomic E-state index is 9.55. The number of aliphatic hydroxyl groups is 1. The van der Waals surface area contributed by atoms with Gasteiger partial charge < -0.3 is 16.0 Å². The van der Waals surface area contributed by atoms with E-state index in [1.165, 1.54) is 0 Å². The van der Waals surface area contributed by atoms with E-state index in [1.54, 1.807) is 18.2 Å². The zero-order chi connectivity index (χ0) is 19.8. The summed E-state index contributed by atoms with van der Waals surface area (Å²) in [5.41, 5.74) is 14.0. The molecule has 1 aromatic heterocycles. The first-order valence-electron chi connectivity index (χ1n) is 8.68. The van der Waals surface area contributed by atoms with E-state index >= 15 is 0 Å². The van der Waals surface area contributed by atoms with Crippen LogP contribution in [0.2, 0.25) is 0 Å². The molecule has 1 atom stereocenters. The molecule has 0 aliphatic carbocycles. The van der Waals surface area contributed by atoms with Crippen LogP contribution in [0.5, 0.6) is 0 Å². The minimum atomic E-state index is -0.412. The molecule has 0 saturated heterocycles. The van der Waals surface area contributed by atoms with Crippen LogP contribution in [0.3, 0.4) is 0 Å². The number of rotatable bonds is 4. The minimum Gasteiger partial charge on any atom is -0.699 e. The Morgan fingerprint density at radius 3 is 2.43 bits per heavy atom. The van der Waals surface area contributed by atoms with E-state index < -0.39 is 6.10 Å². The molecule has 3 rings (SSSR count). The SMILES string of the molecule is CCC(O)CNO.Cc1nc2ccc([NH-])cc2c(C#N)c1-c1ccccc1.[Y]. The van der Waals surface area contributed by atoms with Crippen molar-refractivity contribution in [3.05, 3.63) is 65.5 Å². The van der Waals surface area contributed by atoms with Crippen LogP contribution in [-0.2, 0) is 32.7 Å². The van der Waals surface area contributed by atoms with Gasteiger partial charge in [-0.1, -0.05) is 49.4 Å². The third-order valence-corrected chi connectivity index (χ3v) is 4.14. The van der Waals surface area contributed by atoms with Crippen LogP contribution in [0.15, 0.2) is 48.5 Å². The smallest absolute Gasteiger partial charge is 0.101 e. The predicted molar refractivity (Wildman–Crippen MR) is 107 cm³/mol. The van der Waals surface area contributed by atoms with E-state index in [0.717, 1.165) is 27.7 Å². The van der Waals surface area contributed by atoms with Crippen molar-refractivity contribution in [3.63, 3.8) is 0 Å². The topological polar surface area (TPSA) is 113 Å². The molecule has 0 aliphatic rings. The standard InChI is InChI=1S/C17H12N3.C4H11NO2.Y/c1-11-17(12-5-3-2-4-6-12)15(10-18)14-9-13(19)7-8-16(14)20-11;1-2-4(6)3-5-7;/h2-9,19H,1H3;4-7H,2-3H2,1H3;/q-1;;. The molecular formula is C21H23N4O2Y-. The second kappa shape index (κ2) is 11.9. The fourth-order valence-corrected chi connectivity index (χ4v) is 2.71. The monoisotopic (exact) mass is 452 g/mol. The molecule has 143 valence electrons. The number of pyridine rings is 1. The number of aromatic nitrogens is 1. The summed E-state index contributed by atoms with van der Waals surface area (Å²) in [6.45, 7) is 4.02. The maximum Gasteiger partial charge on any atom is 0.101 e. The Balaban J connectivity index is 0.000000425. The number of aliphatic hydroxyl groups excluding tert-OH is 1. The number of hydroxylamine groups is 1. The fraction of sp³-hybridized carbons (Fsp3) is 0.238. The number of aryl methyl sites for hydroxylation is 1. The molecular weight excluding hydrogens is 429 g/mol. The Bertz CT molecular complexity index is 943.